The summed E-state index contributed by atoms with van der Waals surface area (Å²) in [4.78, 5) is 30.0. The van der Waals surface area contributed by atoms with Crippen LogP contribution in [-0.4, -0.2) is 76.4 Å². The summed E-state index contributed by atoms with van der Waals surface area (Å²) in [6.45, 7) is 0. The fraction of sp³-hybridized carbons (Fsp3) is 0. The maximum absolute atomic E-state index is 11.7. The molecule has 0 aliphatic rings. The molecule has 0 unspecified atom stereocenters. The molecule has 0 bridgehead atoms. The van der Waals surface area contributed by atoms with Crippen LogP contribution >= 0.6 is 0 Å². The molecule has 38 heavy (non-hydrogen) atoms. The van der Waals surface area contributed by atoms with Crippen molar-refractivity contribution in [2.45, 2.75) is 9.79 Å². The average Bonchev–Trinajstić information content (AvgIpc) is 2.82. The van der Waals surface area contributed by atoms with Crippen LogP contribution in [0.5, 0.6) is 11.5 Å². The van der Waals surface area contributed by atoms with Crippen LogP contribution in [0.4, 0.5) is 0 Å². The second-order valence-electron chi connectivity index (χ2n) is 6.79. The molecular weight excluding hydrogens is 676 g/mol. The Kier molecular flexibility index (Phi) is 12.8. The number of carbonyl (C=O) groups is 2. The van der Waals surface area contributed by atoms with E-state index in [4.69, 9.17) is 6.03 Å². The zero-order valence-electron chi connectivity index (χ0n) is 19.5. The Balaban J connectivity index is 0.00000241. The van der Waals surface area contributed by atoms with E-state index in [2.05, 4.69) is 9.97 Å². The van der Waals surface area contributed by atoms with Crippen LogP contribution in [-0.2, 0) is 20.2 Å². The molecule has 2 heterocycles. The molecule has 2 aromatic carbocycles. The van der Waals surface area contributed by atoms with Gasteiger partial charge in [0.15, 0.2) is 0 Å². The van der Waals surface area contributed by atoms with E-state index in [0.717, 1.165) is 12.1 Å². The molecule has 0 fully saturated rings. The van der Waals surface area contributed by atoms with Crippen molar-refractivity contribution in [2.75, 3.05) is 0 Å². The number of fused-ring (bicyclic) bond motifs is 2. The molecule has 4 aromatic rings. The minimum Gasteiger partial charge on any atom is 1.00 e. The van der Waals surface area contributed by atoms with Crippen LogP contribution in [0.2, 0.25) is 0 Å². The molecule has 18 heteroatoms. The largest absolute Gasteiger partial charge is 1.00 e. The van der Waals surface area contributed by atoms with Gasteiger partial charge in [-0.3, -0.25) is 0 Å². The topological polar surface area (TPSA) is 224 Å². The quantitative estimate of drug-likeness (QED) is 0.0960. The summed E-state index contributed by atoms with van der Waals surface area (Å²) in [5.74, 6) is -0.271. The zero-order chi connectivity index (χ0) is 25.4. The van der Waals surface area contributed by atoms with E-state index >= 15 is 0 Å². The number of hydrogen-bond acceptors (Lipinski definition) is 12. The minimum absolute atomic E-state index is 0. The number of nitrogens with zero attached hydrogens (tertiary/aromatic N) is 2. The van der Waals surface area contributed by atoms with Crippen molar-refractivity contribution in [3.05, 3.63) is 59.9 Å². The summed E-state index contributed by atoms with van der Waals surface area (Å²) in [7, 11) is -9.87. The first-order valence-electron chi connectivity index (χ1n) is 9.26. The van der Waals surface area contributed by atoms with Crippen molar-refractivity contribution < 1.29 is 106 Å². The Morgan fingerprint density at radius 1 is 0.737 bits per heavy atom. The van der Waals surface area contributed by atoms with Gasteiger partial charge in [-0.1, -0.05) is 0 Å². The van der Waals surface area contributed by atoms with Crippen molar-refractivity contribution in [1.82, 2.24) is 9.97 Å². The SMILES string of the molecule is O.O=Cc1cc(S(=O)(=O)[O-])c2cccnc2c1[O][Sb][O]c1c(C=O)cc(S(=O)(=O)[O-])c2cccnc12.[Na+].[Na+]. The molecule has 2 aromatic heterocycles. The monoisotopic (exact) mass is 687 g/mol. The van der Waals surface area contributed by atoms with Crippen LogP contribution in [0.25, 0.3) is 21.8 Å². The standard InChI is InChI=1S/2C10H7NO5S.2Na.H2O.Sb/c2*12-5-6-4-8(17(14,15)16)7-2-1-3-11-9(7)10(6)13;;;;/h2*1-5,13H,(H,14,15,16);;;1H2;/q;;2*+1;;+2/p-4. The van der Waals surface area contributed by atoms with Gasteiger partial charge >= 0.3 is 269 Å². The molecule has 0 saturated heterocycles. The molecule has 0 spiro atoms. The van der Waals surface area contributed by atoms with Crippen molar-refractivity contribution in [1.29, 1.82) is 0 Å². The van der Waals surface area contributed by atoms with Gasteiger partial charge in [0.05, 0.1) is 0 Å². The van der Waals surface area contributed by atoms with E-state index in [0.29, 0.717) is 0 Å². The first kappa shape index (κ1) is 34.8. The molecule has 0 aliphatic carbocycles. The molecule has 0 saturated carbocycles. The molecule has 187 valence electrons. The normalized spacial score (nSPS) is 11.0. The molecule has 0 atom stereocenters. The number of pyridine rings is 2. The van der Waals surface area contributed by atoms with E-state index < -0.39 is 52.5 Å². The third-order valence-electron chi connectivity index (χ3n) is 4.72. The van der Waals surface area contributed by atoms with Crippen molar-refractivity contribution in [3.63, 3.8) is 0 Å². The van der Waals surface area contributed by atoms with Crippen molar-refractivity contribution >= 4 is 77.1 Å². The summed E-state index contributed by atoms with van der Waals surface area (Å²) in [6.07, 6.45) is 3.18. The summed E-state index contributed by atoms with van der Waals surface area (Å²) in [5.41, 5.74) is -0.679. The second kappa shape index (κ2) is 13.9. The van der Waals surface area contributed by atoms with Gasteiger partial charge < -0.3 is 5.48 Å². The van der Waals surface area contributed by atoms with Gasteiger partial charge in [-0.15, -0.1) is 0 Å². The predicted molar refractivity (Wildman–Crippen MR) is 121 cm³/mol. The fourth-order valence-corrected chi connectivity index (χ4v) is 6.32. The van der Waals surface area contributed by atoms with Gasteiger partial charge in [-0.05, 0) is 0 Å². The van der Waals surface area contributed by atoms with Gasteiger partial charge in [0.25, 0.3) is 0 Å². The van der Waals surface area contributed by atoms with Crippen molar-refractivity contribution in [2.24, 2.45) is 0 Å². The van der Waals surface area contributed by atoms with E-state index in [9.17, 15) is 35.5 Å². The van der Waals surface area contributed by atoms with Crippen LogP contribution < -0.4 is 65.1 Å². The molecular formula is C20H12N2Na2O11S2Sb. The number of aromatic nitrogens is 2. The van der Waals surface area contributed by atoms with Crippen LogP contribution in [0.1, 0.15) is 20.7 Å². The maximum Gasteiger partial charge on any atom is 1.00 e. The Morgan fingerprint density at radius 2 is 1.11 bits per heavy atom. The predicted octanol–water partition coefficient (Wildman–Crippen LogP) is -5.61. The Morgan fingerprint density at radius 3 is 1.42 bits per heavy atom. The zero-order valence-corrected chi connectivity index (χ0v) is 27.7. The number of aldehydes is 2. The van der Waals surface area contributed by atoms with Gasteiger partial charge in [0.1, 0.15) is 0 Å². The van der Waals surface area contributed by atoms with Gasteiger partial charge in [-0.2, -0.15) is 0 Å². The smallest absolute Gasteiger partial charge is 1.00 e. The number of rotatable bonds is 8. The minimum atomic E-state index is -4.94. The van der Waals surface area contributed by atoms with Crippen LogP contribution in [0, 0.1) is 0 Å². The van der Waals surface area contributed by atoms with Gasteiger partial charge in [-0.25, -0.2) is 0 Å². The summed E-state index contributed by atoms with van der Waals surface area (Å²) in [5, 5.41) is -0.130. The Hall–Kier alpha value is -1.20. The molecule has 4 rings (SSSR count). The molecule has 0 amide bonds. The number of benzene rings is 2. The van der Waals surface area contributed by atoms with Crippen LogP contribution in [0.15, 0.2) is 58.6 Å². The maximum atomic E-state index is 11.7. The fourth-order valence-electron chi connectivity index (χ4n) is 3.29. The van der Waals surface area contributed by atoms with Crippen LogP contribution in [0.3, 0.4) is 0 Å². The molecule has 1 radical (unpaired) electrons. The van der Waals surface area contributed by atoms with Crippen molar-refractivity contribution in [3.8, 4) is 11.5 Å². The Labute approximate surface area is 271 Å². The second-order valence-corrected chi connectivity index (χ2v) is 11.0. The third-order valence-corrected chi connectivity index (χ3v) is 7.94. The van der Waals surface area contributed by atoms with E-state index in [-0.39, 0.29) is 122 Å². The van der Waals surface area contributed by atoms with Gasteiger partial charge in [0, 0.05) is 0 Å². The summed E-state index contributed by atoms with van der Waals surface area (Å²) < 4.78 is 81.3. The number of hydrogen-bond donors (Lipinski definition) is 0. The summed E-state index contributed by atoms with van der Waals surface area (Å²) >= 11 is -2.29. The number of carbonyl (C=O) groups excluding carboxylic acids is 2. The first-order chi connectivity index (χ1) is 16.6. The molecule has 0 aliphatic heterocycles. The first-order valence-corrected chi connectivity index (χ1v) is 14.2. The molecule has 2 N–H and O–H groups in total. The van der Waals surface area contributed by atoms with E-state index in [1.807, 2.05) is 0 Å². The molecule has 13 nitrogen and oxygen atoms in total. The third kappa shape index (κ3) is 7.10. The summed E-state index contributed by atoms with van der Waals surface area (Å²) in [6, 6.07) is 7.18. The van der Waals surface area contributed by atoms with Gasteiger partial charge in [0.2, 0.25) is 0 Å². The average molecular weight is 688 g/mol. The Bertz CT molecular complexity index is 1610. The van der Waals surface area contributed by atoms with E-state index in [1.54, 1.807) is 0 Å². The van der Waals surface area contributed by atoms with E-state index in [1.165, 1.54) is 36.7 Å².